The quantitative estimate of drug-likeness (QED) is 0.636. The number of halogens is 3. The van der Waals surface area contributed by atoms with E-state index < -0.39 is 40.4 Å². The summed E-state index contributed by atoms with van der Waals surface area (Å²) in [6, 6.07) is 8.79. The Balaban J connectivity index is 1.97. The summed E-state index contributed by atoms with van der Waals surface area (Å²) in [5.41, 5.74) is 0.239. The van der Waals surface area contributed by atoms with E-state index in [1.165, 1.54) is 13.0 Å². The van der Waals surface area contributed by atoms with Gasteiger partial charge in [0.1, 0.15) is 12.4 Å². The van der Waals surface area contributed by atoms with Crippen molar-refractivity contribution in [3.63, 3.8) is 0 Å². The van der Waals surface area contributed by atoms with Crippen LogP contribution in [-0.4, -0.2) is 44.3 Å². The maximum Gasteiger partial charge on any atom is 0.322 e. The lowest BCUT2D eigenvalue weighted by Gasteiger charge is -2.18. The molecule has 156 valence electrons. The molecule has 0 bridgehead atoms. The third-order valence-electron chi connectivity index (χ3n) is 3.76. The molecular weight excluding hydrogens is 446 g/mol. The highest BCUT2D eigenvalue weighted by atomic mass is 35.5. The van der Waals surface area contributed by atoms with E-state index in [0.29, 0.717) is 0 Å². The summed E-state index contributed by atoms with van der Waals surface area (Å²) >= 11 is 11.9. The molecule has 29 heavy (non-hydrogen) atoms. The molecule has 0 heterocycles. The molecule has 7 nitrogen and oxygen atoms in total. The molecule has 1 amide bonds. The first-order valence-electron chi connectivity index (χ1n) is 8.18. The Hall–Kier alpha value is -2.20. The Morgan fingerprint density at radius 1 is 1.17 bits per heavy atom. The molecule has 0 fully saturated rings. The molecule has 0 aromatic heterocycles. The Labute approximate surface area is 177 Å². The molecule has 2 aromatic carbocycles. The Morgan fingerprint density at radius 2 is 1.79 bits per heavy atom. The number of carbonyl (C=O) groups excluding carboxylic acids is 2. The van der Waals surface area contributed by atoms with Gasteiger partial charge >= 0.3 is 5.97 Å². The number of carbonyl (C=O) groups is 2. The van der Waals surface area contributed by atoms with Gasteiger partial charge in [0.15, 0.2) is 6.10 Å². The number of sulfonamides is 1. The van der Waals surface area contributed by atoms with E-state index in [2.05, 4.69) is 5.32 Å². The molecule has 0 radical (unpaired) electrons. The number of likely N-dealkylation sites (N-methyl/N-ethyl adjacent to an activating group) is 1. The predicted octanol–water partition coefficient (Wildman–Crippen LogP) is 3.32. The average Bonchev–Trinajstić information content (AvgIpc) is 2.65. The number of benzene rings is 2. The van der Waals surface area contributed by atoms with Gasteiger partial charge in [-0.2, -0.15) is 4.31 Å². The molecule has 0 aliphatic rings. The Morgan fingerprint density at radius 3 is 2.41 bits per heavy atom. The number of amides is 1. The van der Waals surface area contributed by atoms with Gasteiger partial charge in [0.2, 0.25) is 10.0 Å². The van der Waals surface area contributed by atoms with Crippen LogP contribution in [0.3, 0.4) is 0 Å². The van der Waals surface area contributed by atoms with Gasteiger partial charge in [0.05, 0.1) is 20.6 Å². The lowest BCUT2D eigenvalue weighted by atomic mass is 10.3. The second-order valence-corrected chi connectivity index (χ2v) is 8.77. The SMILES string of the molecule is CC(OC(=O)CN(C)S(=O)(=O)c1ccc(F)cc1)C(=O)Nc1cccc(Cl)c1Cl. The molecule has 11 heteroatoms. The van der Waals surface area contributed by atoms with Gasteiger partial charge < -0.3 is 10.1 Å². The molecule has 0 saturated heterocycles. The fourth-order valence-corrected chi connectivity index (χ4v) is 3.64. The summed E-state index contributed by atoms with van der Waals surface area (Å²) in [6.45, 7) is 0.676. The molecular formula is C18H17Cl2FN2O5S. The largest absolute Gasteiger partial charge is 0.452 e. The molecule has 0 spiro atoms. The van der Waals surface area contributed by atoms with Crippen LogP contribution >= 0.6 is 23.2 Å². The van der Waals surface area contributed by atoms with Crippen molar-refractivity contribution in [2.75, 3.05) is 18.9 Å². The number of esters is 1. The third-order valence-corrected chi connectivity index (χ3v) is 6.40. The van der Waals surface area contributed by atoms with E-state index in [4.69, 9.17) is 27.9 Å². The molecule has 0 aliphatic carbocycles. The second-order valence-electron chi connectivity index (χ2n) is 5.94. The topological polar surface area (TPSA) is 92.8 Å². The van der Waals surface area contributed by atoms with Gasteiger partial charge in [-0.3, -0.25) is 9.59 Å². The molecule has 1 unspecified atom stereocenters. The first-order chi connectivity index (χ1) is 13.5. The predicted molar refractivity (Wildman–Crippen MR) is 107 cm³/mol. The van der Waals surface area contributed by atoms with Gasteiger partial charge in [0, 0.05) is 7.05 Å². The van der Waals surface area contributed by atoms with Crippen molar-refractivity contribution in [2.45, 2.75) is 17.9 Å². The fourth-order valence-electron chi connectivity index (χ4n) is 2.18. The molecule has 2 aromatic rings. The van der Waals surface area contributed by atoms with Crippen LogP contribution in [0.1, 0.15) is 6.92 Å². The first kappa shape index (κ1) is 23.1. The summed E-state index contributed by atoms with van der Waals surface area (Å²) in [5, 5.41) is 2.84. The van der Waals surface area contributed by atoms with E-state index in [9.17, 15) is 22.4 Å². The standard InChI is InChI=1S/C18H17Cl2FN2O5S/c1-11(18(25)22-15-5-3-4-14(19)17(15)20)28-16(24)10-23(2)29(26,27)13-8-6-12(21)7-9-13/h3-9,11H,10H2,1-2H3,(H,22,25). The minimum absolute atomic E-state index is 0.131. The van der Waals surface area contributed by atoms with Crippen LogP contribution in [0.2, 0.25) is 10.0 Å². The lowest BCUT2D eigenvalue weighted by Crippen LogP contribution is -2.37. The second kappa shape index (κ2) is 9.53. The summed E-state index contributed by atoms with van der Waals surface area (Å²) in [5.74, 6) is -2.21. The smallest absolute Gasteiger partial charge is 0.322 e. The number of hydrogen-bond donors (Lipinski definition) is 1. The van der Waals surface area contributed by atoms with E-state index in [1.54, 1.807) is 12.1 Å². The molecule has 0 saturated carbocycles. The highest BCUT2D eigenvalue weighted by Crippen LogP contribution is 2.29. The van der Waals surface area contributed by atoms with Gasteiger partial charge in [-0.05, 0) is 43.3 Å². The fraction of sp³-hybridized carbons (Fsp3) is 0.222. The van der Waals surface area contributed by atoms with Gasteiger partial charge in [-0.15, -0.1) is 0 Å². The minimum Gasteiger partial charge on any atom is -0.452 e. The maximum atomic E-state index is 13.0. The third kappa shape index (κ3) is 5.89. The molecule has 1 N–H and O–H groups in total. The number of rotatable bonds is 7. The highest BCUT2D eigenvalue weighted by Gasteiger charge is 2.26. The highest BCUT2D eigenvalue weighted by molar-refractivity contribution is 7.89. The lowest BCUT2D eigenvalue weighted by molar-refractivity contribution is -0.153. The van der Waals surface area contributed by atoms with Crippen LogP contribution in [0.25, 0.3) is 0 Å². The number of hydrogen-bond acceptors (Lipinski definition) is 5. The van der Waals surface area contributed by atoms with Gasteiger partial charge in [-0.1, -0.05) is 29.3 Å². The minimum atomic E-state index is -4.03. The monoisotopic (exact) mass is 462 g/mol. The van der Waals surface area contributed by atoms with E-state index >= 15 is 0 Å². The van der Waals surface area contributed by atoms with Crippen molar-refractivity contribution in [2.24, 2.45) is 0 Å². The van der Waals surface area contributed by atoms with Crippen LogP contribution in [0.15, 0.2) is 47.4 Å². The number of ether oxygens (including phenoxy) is 1. The van der Waals surface area contributed by atoms with Gasteiger partial charge in [-0.25, -0.2) is 12.8 Å². The number of anilines is 1. The van der Waals surface area contributed by atoms with Crippen LogP contribution in [0, 0.1) is 5.82 Å². The summed E-state index contributed by atoms with van der Waals surface area (Å²) in [4.78, 5) is 24.1. The maximum absolute atomic E-state index is 13.0. The van der Waals surface area contributed by atoms with E-state index in [-0.39, 0.29) is 20.6 Å². The van der Waals surface area contributed by atoms with Gasteiger partial charge in [0.25, 0.3) is 5.91 Å². The van der Waals surface area contributed by atoms with Crippen molar-refractivity contribution in [3.8, 4) is 0 Å². The van der Waals surface area contributed by atoms with Crippen molar-refractivity contribution >= 4 is 50.8 Å². The number of nitrogens with one attached hydrogen (secondary N) is 1. The zero-order valence-corrected chi connectivity index (χ0v) is 17.7. The molecule has 0 aliphatic heterocycles. The summed E-state index contributed by atoms with van der Waals surface area (Å²) < 4.78 is 43.5. The normalized spacial score (nSPS) is 12.5. The summed E-state index contributed by atoms with van der Waals surface area (Å²) in [7, 11) is -2.87. The Kier molecular flexibility index (Phi) is 7.59. The van der Waals surface area contributed by atoms with Crippen LogP contribution < -0.4 is 5.32 Å². The van der Waals surface area contributed by atoms with Crippen molar-refractivity contribution < 1.29 is 27.1 Å². The zero-order chi connectivity index (χ0) is 21.8. The number of nitrogens with zero attached hydrogens (tertiary/aromatic N) is 1. The van der Waals surface area contributed by atoms with E-state index in [1.807, 2.05) is 0 Å². The van der Waals surface area contributed by atoms with Crippen LogP contribution in [0.4, 0.5) is 10.1 Å². The molecule has 2 rings (SSSR count). The van der Waals surface area contributed by atoms with Crippen LogP contribution in [0.5, 0.6) is 0 Å². The van der Waals surface area contributed by atoms with E-state index in [0.717, 1.165) is 35.6 Å². The van der Waals surface area contributed by atoms with Crippen molar-refractivity contribution in [1.82, 2.24) is 4.31 Å². The Bertz CT molecular complexity index is 1020. The van der Waals surface area contributed by atoms with Crippen molar-refractivity contribution in [3.05, 3.63) is 58.3 Å². The zero-order valence-electron chi connectivity index (χ0n) is 15.4. The first-order valence-corrected chi connectivity index (χ1v) is 10.4. The molecule has 1 atom stereocenters. The van der Waals surface area contributed by atoms with Crippen molar-refractivity contribution in [1.29, 1.82) is 0 Å². The average molecular weight is 463 g/mol. The van der Waals surface area contributed by atoms with Crippen LogP contribution in [-0.2, 0) is 24.3 Å². The summed E-state index contributed by atoms with van der Waals surface area (Å²) in [6.07, 6.45) is -1.22.